The van der Waals surface area contributed by atoms with E-state index in [0.717, 1.165) is 0 Å². The van der Waals surface area contributed by atoms with Crippen LogP contribution in [0.3, 0.4) is 0 Å². The molecule has 0 bridgehead atoms. The van der Waals surface area contributed by atoms with Crippen LogP contribution in [0.5, 0.6) is 0 Å². The molecule has 1 fully saturated rings. The molecule has 0 saturated heterocycles. The molecule has 0 aliphatic heterocycles. The Bertz CT molecular complexity index is 285. The maximum Gasteiger partial charge on any atom is 0.0247 e. The molecule has 15 heavy (non-hydrogen) atoms. The van der Waals surface area contributed by atoms with Gasteiger partial charge in [0.1, 0.15) is 0 Å². The van der Waals surface area contributed by atoms with Crippen LogP contribution in [0.25, 0.3) is 0 Å². The van der Waals surface area contributed by atoms with E-state index >= 15 is 0 Å². The largest absolute Gasteiger partial charge is 0.149 e. The van der Waals surface area contributed by atoms with Crippen molar-refractivity contribution in [2.24, 2.45) is 5.41 Å². The van der Waals surface area contributed by atoms with Gasteiger partial charge in [0.25, 0.3) is 0 Å². The lowest BCUT2D eigenvalue weighted by molar-refractivity contribution is 0.211. The normalized spacial score (nSPS) is 22.5. The molecule has 2 heteroatoms. The topological polar surface area (TPSA) is 0 Å². The van der Waals surface area contributed by atoms with Crippen LogP contribution >= 0.6 is 27.3 Å². The average molecular weight is 287 g/mol. The monoisotopic (exact) mass is 286 g/mol. The molecular weight excluding hydrogens is 268 g/mol. The maximum absolute atomic E-state index is 3.92. The smallest absolute Gasteiger partial charge is 0.0247 e. The highest BCUT2D eigenvalue weighted by Gasteiger charge is 2.33. The van der Waals surface area contributed by atoms with Crippen molar-refractivity contribution in [2.45, 2.75) is 50.3 Å². The zero-order valence-electron chi connectivity index (χ0n) is 9.34. The molecule has 84 valence electrons. The van der Waals surface area contributed by atoms with Gasteiger partial charge in [-0.05, 0) is 36.1 Å². The molecule has 1 atom stereocenters. The number of hydrogen-bond acceptors (Lipinski definition) is 1. The van der Waals surface area contributed by atoms with E-state index in [1.54, 1.807) is 0 Å². The van der Waals surface area contributed by atoms with Gasteiger partial charge in [-0.1, -0.05) is 48.2 Å². The zero-order valence-corrected chi connectivity index (χ0v) is 11.7. The minimum Gasteiger partial charge on any atom is -0.149 e. The van der Waals surface area contributed by atoms with E-state index in [0.29, 0.717) is 10.2 Å². The molecule has 1 aliphatic rings. The highest BCUT2D eigenvalue weighted by atomic mass is 79.9. The van der Waals surface area contributed by atoms with Crippen LogP contribution in [0, 0.1) is 5.41 Å². The van der Waals surface area contributed by atoms with Gasteiger partial charge in [0.2, 0.25) is 0 Å². The molecule has 0 spiro atoms. The quantitative estimate of drug-likeness (QED) is 0.684. The lowest BCUT2D eigenvalue weighted by Gasteiger charge is -2.38. The Morgan fingerprint density at radius 3 is 2.73 bits per heavy atom. The van der Waals surface area contributed by atoms with Gasteiger partial charge < -0.3 is 0 Å². The van der Waals surface area contributed by atoms with Gasteiger partial charge in [-0.15, -0.1) is 11.3 Å². The van der Waals surface area contributed by atoms with E-state index in [4.69, 9.17) is 0 Å². The van der Waals surface area contributed by atoms with Crippen molar-refractivity contribution in [2.75, 3.05) is 0 Å². The maximum atomic E-state index is 3.92. The van der Waals surface area contributed by atoms with Crippen LogP contribution in [0.4, 0.5) is 0 Å². The molecule has 1 unspecified atom stereocenters. The Morgan fingerprint density at radius 1 is 1.40 bits per heavy atom. The molecule has 0 N–H and O–H groups in total. The van der Waals surface area contributed by atoms with Crippen molar-refractivity contribution in [1.29, 1.82) is 0 Å². The summed E-state index contributed by atoms with van der Waals surface area (Å²) in [5, 5.41) is 2.18. The highest BCUT2D eigenvalue weighted by Crippen LogP contribution is 2.43. The minimum absolute atomic E-state index is 0.530. The van der Waals surface area contributed by atoms with Gasteiger partial charge >= 0.3 is 0 Å². The van der Waals surface area contributed by atoms with Gasteiger partial charge in [-0.3, -0.25) is 0 Å². The Kier molecular flexibility index (Phi) is 3.89. The average Bonchev–Trinajstić information content (AvgIpc) is 2.71. The van der Waals surface area contributed by atoms with Crippen LogP contribution in [-0.2, 0) is 6.42 Å². The van der Waals surface area contributed by atoms with E-state index in [1.807, 2.05) is 11.3 Å². The molecule has 1 saturated carbocycles. The minimum atomic E-state index is 0.530. The molecule has 0 radical (unpaired) electrons. The van der Waals surface area contributed by atoms with Crippen molar-refractivity contribution >= 4 is 27.3 Å². The van der Waals surface area contributed by atoms with Crippen molar-refractivity contribution in [1.82, 2.24) is 0 Å². The molecule has 1 aromatic rings. The van der Waals surface area contributed by atoms with Crippen LogP contribution in [0.2, 0.25) is 0 Å². The molecule has 1 heterocycles. The van der Waals surface area contributed by atoms with E-state index in [9.17, 15) is 0 Å². The Hall–Kier alpha value is 0.180. The molecule has 1 aromatic heterocycles. The highest BCUT2D eigenvalue weighted by molar-refractivity contribution is 9.09. The summed E-state index contributed by atoms with van der Waals surface area (Å²) in [6, 6.07) is 4.41. The Balaban J connectivity index is 1.97. The van der Waals surface area contributed by atoms with Crippen molar-refractivity contribution in [3.05, 3.63) is 22.4 Å². The summed E-state index contributed by atoms with van der Waals surface area (Å²) in [5.41, 5.74) is 0.530. The summed E-state index contributed by atoms with van der Waals surface area (Å²) in [7, 11) is 0. The fourth-order valence-electron chi connectivity index (χ4n) is 2.52. The second kappa shape index (κ2) is 5.01. The lowest BCUT2D eigenvalue weighted by Crippen LogP contribution is -2.31. The van der Waals surface area contributed by atoms with Gasteiger partial charge in [-0.25, -0.2) is 0 Å². The van der Waals surface area contributed by atoms with Gasteiger partial charge in [-0.2, -0.15) is 0 Å². The summed E-state index contributed by atoms with van der Waals surface area (Å²) in [6.45, 7) is 2.46. The fourth-order valence-corrected chi connectivity index (χ4v) is 4.30. The number of alkyl halides is 1. The van der Waals surface area contributed by atoms with Crippen LogP contribution < -0.4 is 0 Å². The fraction of sp³-hybridized carbons (Fsp3) is 0.692. The van der Waals surface area contributed by atoms with Crippen LogP contribution in [0.15, 0.2) is 17.5 Å². The molecule has 0 nitrogen and oxygen atoms in total. The lowest BCUT2D eigenvalue weighted by atomic mass is 9.72. The predicted molar refractivity (Wildman–Crippen MR) is 71.9 cm³/mol. The molecule has 2 rings (SSSR count). The van der Waals surface area contributed by atoms with Crippen molar-refractivity contribution in [3.63, 3.8) is 0 Å². The predicted octanol–water partition coefficient (Wildman–Crippen LogP) is 5.02. The first-order chi connectivity index (χ1) is 7.21. The standard InChI is InChI=1S/C13H19BrS/c1-13(7-3-2-4-8-13)12(14)10-11-6-5-9-15-11/h5-6,9,12H,2-4,7-8,10H2,1H3. The van der Waals surface area contributed by atoms with Gasteiger partial charge in [0.05, 0.1) is 0 Å². The third-order valence-electron chi connectivity index (χ3n) is 3.71. The first-order valence-corrected chi connectivity index (χ1v) is 7.67. The van der Waals surface area contributed by atoms with Gasteiger partial charge in [0.15, 0.2) is 0 Å². The summed E-state index contributed by atoms with van der Waals surface area (Å²) in [6.07, 6.45) is 8.27. The van der Waals surface area contributed by atoms with Crippen molar-refractivity contribution in [3.8, 4) is 0 Å². The summed E-state index contributed by atoms with van der Waals surface area (Å²) in [5.74, 6) is 0. The van der Waals surface area contributed by atoms with E-state index in [-0.39, 0.29) is 0 Å². The van der Waals surface area contributed by atoms with Crippen molar-refractivity contribution < 1.29 is 0 Å². The second-order valence-electron chi connectivity index (χ2n) is 4.97. The third kappa shape index (κ3) is 2.85. The molecule has 1 aliphatic carbocycles. The van der Waals surface area contributed by atoms with E-state index < -0.39 is 0 Å². The van der Waals surface area contributed by atoms with Gasteiger partial charge in [0, 0.05) is 9.70 Å². The summed E-state index contributed by atoms with van der Waals surface area (Å²) >= 11 is 5.81. The first-order valence-electron chi connectivity index (χ1n) is 5.87. The van der Waals surface area contributed by atoms with Crippen LogP contribution in [0.1, 0.15) is 43.9 Å². The SMILES string of the molecule is CC1(C(Br)Cc2cccs2)CCCCC1. The second-order valence-corrected chi connectivity index (χ2v) is 7.10. The molecular formula is C13H19BrS. The first kappa shape index (κ1) is 11.7. The Morgan fingerprint density at radius 2 is 2.13 bits per heavy atom. The van der Waals surface area contributed by atoms with E-state index in [2.05, 4.69) is 40.4 Å². The number of halogens is 1. The molecule has 0 amide bonds. The third-order valence-corrected chi connectivity index (χ3v) is 6.04. The van der Waals surface area contributed by atoms with Crippen LogP contribution in [-0.4, -0.2) is 4.83 Å². The molecule has 0 aromatic carbocycles. The number of thiophene rings is 1. The van der Waals surface area contributed by atoms with E-state index in [1.165, 1.54) is 43.4 Å². The number of rotatable bonds is 3. The Labute approximate surface area is 105 Å². The summed E-state index contributed by atoms with van der Waals surface area (Å²) < 4.78 is 0. The number of hydrogen-bond donors (Lipinski definition) is 0. The zero-order chi connectivity index (χ0) is 10.7. The summed E-state index contributed by atoms with van der Waals surface area (Å²) in [4.78, 5) is 2.17.